The zero-order valence-corrected chi connectivity index (χ0v) is 8.23. The van der Waals surface area contributed by atoms with Crippen LogP contribution in [0.25, 0.3) is 0 Å². The average molecular weight is 202 g/mol. The molecule has 1 aromatic carbocycles. The van der Waals surface area contributed by atoms with E-state index in [1.54, 1.807) is 30.7 Å². The Morgan fingerprint density at radius 3 is 3.13 bits per heavy atom. The number of nitrogens with one attached hydrogen (secondary N) is 1. The topological polar surface area (TPSA) is 50.7 Å². The Hall–Kier alpha value is -2.10. The van der Waals surface area contributed by atoms with Crippen molar-refractivity contribution < 1.29 is 9.53 Å². The van der Waals surface area contributed by atoms with Crippen LogP contribution >= 0.6 is 0 Å². The number of ether oxygens (including phenoxy) is 1. The van der Waals surface area contributed by atoms with E-state index < -0.39 is 0 Å². The zero-order chi connectivity index (χ0) is 10.7. The molecule has 15 heavy (non-hydrogen) atoms. The SMILES string of the molecule is COC(=O)c1cccc2c1NC=CN=C2. The van der Waals surface area contributed by atoms with Crippen LogP contribution in [0.3, 0.4) is 0 Å². The van der Waals surface area contributed by atoms with E-state index in [-0.39, 0.29) is 5.97 Å². The third-order valence-electron chi connectivity index (χ3n) is 2.10. The summed E-state index contributed by atoms with van der Waals surface area (Å²) in [5, 5.41) is 3.00. The monoisotopic (exact) mass is 202 g/mol. The summed E-state index contributed by atoms with van der Waals surface area (Å²) < 4.78 is 4.70. The normalized spacial score (nSPS) is 12.6. The first kappa shape index (κ1) is 9.45. The van der Waals surface area contributed by atoms with Crippen molar-refractivity contribution in [3.63, 3.8) is 0 Å². The maximum absolute atomic E-state index is 11.5. The first-order valence-corrected chi connectivity index (χ1v) is 4.49. The molecule has 0 saturated carbocycles. The third kappa shape index (κ3) is 1.74. The lowest BCUT2D eigenvalue weighted by atomic mass is 10.1. The van der Waals surface area contributed by atoms with Crippen LogP contribution in [0.5, 0.6) is 0 Å². The lowest BCUT2D eigenvalue weighted by Crippen LogP contribution is -2.06. The van der Waals surface area contributed by atoms with E-state index >= 15 is 0 Å². The van der Waals surface area contributed by atoms with Gasteiger partial charge in [-0.25, -0.2) is 4.79 Å². The lowest BCUT2D eigenvalue weighted by Gasteiger charge is -2.09. The van der Waals surface area contributed by atoms with E-state index in [1.807, 2.05) is 6.07 Å². The summed E-state index contributed by atoms with van der Waals surface area (Å²) in [4.78, 5) is 15.5. The average Bonchev–Trinajstić information content (AvgIpc) is 2.52. The second-order valence-electron chi connectivity index (χ2n) is 3.00. The molecule has 1 N–H and O–H groups in total. The number of hydrogen-bond donors (Lipinski definition) is 1. The molecular formula is C11H10N2O2. The van der Waals surface area contributed by atoms with E-state index in [1.165, 1.54) is 7.11 Å². The van der Waals surface area contributed by atoms with Gasteiger partial charge in [-0.05, 0) is 6.07 Å². The highest BCUT2D eigenvalue weighted by Gasteiger charge is 2.14. The molecular weight excluding hydrogens is 192 g/mol. The first-order chi connectivity index (χ1) is 7.33. The number of methoxy groups -OCH3 is 1. The van der Waals surface area contributed by atoms with Crippen LogP contribution in [-0.4, -0.2) is 19.3 Å². The molecule has 1 aromatic rings. The number of hydrogen-bond acceptors (Lipinski definition) is 4. The number of esters is 1. The van der Waals surface area contributed by atoms with Gasteiger partial charge in [0.25, 0.3) is 0 Å². The van der Waals surface area contributed by atoms with Crippen LogP contribution in [0.2, 0.25) is 0 Å². The summed E-state index contributed by atoms with van der Waals surface area (Å²) in [6.07, 6.45) is 4.99. The van der Waals surface area contributed by atoms with E-state index in [4.69, 9.17) is 4.74 Å². The zero-order valence-electron chi connectivity index (χ0n) is 8.23. The Kier molecular flexibility index (Phi) is 2.49. The number of aliphatic imine (C=N–C) groups is 1. The largest absolute Gasteiger partial charge is 0.465 e. The molecule has 1 aliphatic heterocycles. The molecule has 0 bridgehead atoms. The number of benzene rings is 1. The molecule has 2 rings (SSSR count). The van der Waals surface area contributed by atoms with Gasteiger partial charge in [-0.2, -0.15) is 0 Å². The molecule has 1 heterocycles. The maximum Gasteiger partial charge on any atom is 0.339 e. The highest BCUT2D eigenvalue weighted by molar-refractivity contribution is 6.02. The molecule has 0 aromatic heterocycles. The van der Waals surface area contributed by atoms with Gasteiger partial charge < -0.3 is 10.1 Å². The molecule has 4 nitrogen and oxygen atoms in total. The number of rotatable bonds is 1. The second kappa shape index (κ2) is 3.96. The fraction of sp³-hybridized carbons (Fsp3) is 0.0909. The Morgan fingerprint density at radius 2 is 2.33 bits per heavy atom. The van der Waals surface area contributed by atoms with Crippen LogP contribution in [0, 0.1) is 0 Å². The Morgan fingerprint density at radius 1 is 1.47 bits per heavy atom. The molecule has 76 valence electrons. The van der Waals surface area contributed by atoms with Gasteiger partial charge >= 0.3 is 5.97 Å². The van der Waals surface area contributed by atoms with E-state index in [0.29, 0.717) is 5.56 Å². The van der Waals surface area contributed by atoms with Gasteiger partial charge in [-0.15, -0.1) is 0 Å². The second-order valence-corrected chi connectivity index (χ2v) is 3.00. The van der Waals surface area contributed by atoms with Crippen molar-refractivity contribution in [1.29, 1.82) is 0 Å². The van der Waals surface area contributed by atoms with Gasteiger partial charge in [0.1, 0.15) is 0 Å². The van der Waals surface area contributed by atoms with E-state index in [9.17, 15) is 4.79 Å². The van der Waals surface area contributed by atoms with Crippen molar-refractivity contribution >= 4 is 17.9 Å². The Labute approximate surface area is 87.3 Å². The quantitative estimate of drug-likeness (QED) is 0.706. The van der Waals surface area contributed by atoms with Gasteiger partial charge in [-0.1, -0.05) is 12.1 Å². The highest BCUT2D eigenvalue weighted by atomic mass is 16.5. The number of carbonyl (C=O) groups is 1. The van der Waals surface area contributed by atoms with Gasteiger partial charge in [0.2, 0.25) is 0 Å². The molecule has 0 unspecified atom stereocenters. The van der Waals surface area contributed by atoms with Crippen LogP contribution < -0.4 is 5.32 Å². The summed E-state index contributed by atoms with van der Waals surface area (Å²) in [5.41, 5.74) is 2.10. The molecule has 0 aliphatic carbocycles. The van der Waals surface area contributed by atoms with Crippen molar-refractivity contribution in [3.05, 3.63) is 41.7 Å². The molecule has 0 fully saturated rings. The fourth-order valence-electron chi connectivity index (χ4n) is 1.41. The molecule has 4 heteroatoms. The molecule has 0 atom stereocenters. The summed E-state index contributed by atoms with van der Waals surface area (Å²) in [5.74, 6) is -0.358. The molecule has 0 radical (unpaired) electrons. The van der Waals surface area contributed by atoms with Crippen LogP contribution in [0.15, 0.2) is 35.6 Å². The smallest absolute Gasteiger partial charge is 0.339 e. The van der Waals surface area contributed by atoms with Crippen LogP contribution in [0.1, 0.15) is 15.9 Å². The van der Waals surface area contributed by atoms with Crippen molar-refractivity contribution in [1.82, 2.24) is 0 Å². The molecule has 0 spiro atoms. The fourth-order valence-corrected chi connectivity index (χ4v) is 1.41. The predicted octanol–water partition coefficient (Wildman–Crippen LogP) is 1.79. The van der Waals surface area contributed by atoms with Crippen molar-refractivity contribution in [2.45, 2.75) is 0 Å². The number of fused-ring (bicyclic) bond motifs is 1. The lowest BCUT2D eigenvalue weighted by molar-refractivity contribution is 0.0602. The minimum Gasteiger partial charge on any atom is -0.465 e. The van der Waals surface area contributed by atoms with Crippen molar-refractivity contribution in [2.24, 2.45) is 4.99 Å². The summed E-state index contributed by atoms with van der Waals surface area (Å²) in [7, 11) is 1.36. The molecule has 1 aliphatic rings. The third-order valence-corrected chi connectivity index (χ3v) is 2.10. The number of para-hydroxylation sites is 1. The van der Waals surface area contributed by atoms with Crippen LogP contribution in [-0.2, 0) is 4.74 Å². The maximum atomic E-state index is 11.5. The minimum atomic E-state index is -0.358. The summed E-state index contributed by atoms with van der Waals surface area (Å²) >= 11 is 0. The first-order valence-electron chi connectivity index (χ1n) is 4.49. The van der Waals surface area contributed by atoms with Gasteiger partial charge in [0, 0.05) is 24.2 Å². The number of nitrogens with zero attached hydrogens (tertiary/aromatic N) is 1. The van der Waals surface area contributed by atoms with E-state index in [0.717, 1.165) is 11.3 Å². The highest BCUT2D eigenvalue weighted by Crippen LogP contribution is 2.22. The van der Waals surface area contributed by atoms with Crippen molar-refractivity contribution in [2.75, 3.05) is 12.4 Å². The van der Waals surface area contributed by atoms with E-state index in [2.05, 4.69) is 10.3 Å². The summed E-state index contributed by atoms with van der Waals surface area (Å²) in [6.45, 7) is 0. The van der Waals surface area contributed by atoms with Crippen molar-refractivity contribution in [3.8, 4) is 0 Å². The van der Waals surface area contributed by atoms with Crippen LogP contribution in [0.4, 0.5) is 5.69 Å². The Balaban J connectivity index is 2.54. The Bertz CT molecular complexity index is 450. The summed E-state index contributed by atoms with van der Waals surface area (Å²) in [6, 6.07) is 5.39. The molecule has 0 saturated heterocycles. The molecule has 0 amide bonds. The minimum absolute atomic E-state index is 0.358. The standard InChI is InChI=1S/C11H10N2O2/c1-15-11(14)9-4-2-3-8-7-12-5-6-13-10(8)9/h2-7,13H,1H3. The van der Waals surface area contributed by atoms with Gasteiger partial charge in [0.15, 0.2) is 0 Å². The predicted molar refractivity (Wildman–Crippen MR) is 58.1 cm³/mol. The number of anilines is 1. The van der Waals surface area contributed by atoms with Gasteiger partial charge in [-0.3, -0.25) is 4.99 Å². The van der Waals surface area contributed by atoms with Gasteiger partial charge in [0.05, 0.1) is 18.4 Å². The number of carbonyl (C=O) groups excluding carboxylic acids is 1.